The number of aryl methyl sites for hydroxylation is 1. The number of hydrogen-bond donors (Lipinski definition) is 2. The van der Waals surface area contributed by atoms with E-state index in [0.717, 1.165) is 21.9 Å². The van der Waals surface area contributed by atoms with Crippen LogP contribution in [0.3, 0.4) is 0 Å². The standard InChI is InChI=1S/C20H18FN5OS/c1-13-5-7-16(8-6-13)23-19(27)22-10-9-17-12-28-20-24-18(25-26(17)20)14-3-2-4-15(21)11-14/h2-8,11-12H,9-10H2,1H3,(H2,22,23,27). The van der Waals surface area contributed by atoms with Crippen LogP contribution in [0.2, 0.25) is 0 Å². The van der Waals surface area contributed by atoms with Gasteiger partial charge in [-0.1, -0.05) is 29.8 Å². The second-order valence-electron chi connectivity index (χ2n) is 6.36. The van der Waals surface area contributed by atoms with Crippen LogP contribution in [0, 0.1) is 12.7 Å². The molecule has 0 saturated carbocycles. The van der Waals surface area contributed by atoms with E-state index in [0.29, 0.717) is 24.4 Å². The summed E-state index contributed by atoms with van der Waals surface area (Å²) in [6, 6.07) is 13.6. The van der Waals surface area contributed by atoms with Crippen molar-refractivity contribution < 1.29 is 9.18 Å². The lowest BCUT2D eigenvalue weighted by Crippen LogP contribution is -2.30. The van der Waals surface area contributed by atoms with Crippen LogP contribution < -0.4 is 10.6 Å². The molecule has 0 bridgehead atoms. The number of carbonyl (C=O) groups is 1. The predicted octanol–water partition coefficient (Wildman–Crippen LogP) is 4.27. The van der Waals surface area contributed by atoms with E-state index in [-0.39, 0.29) is 11.8 Å². The van der Waals surface area contributed by atoms with Gasteiger partial charge in [0.15, 0.2) is 5.82 Å². The molecule has 2 N–H and O–H groups in total. The second kappa shape index (κ2) is 7.77. The first-order valence-corrected chi connectivity index (χ1v) is 9.67. The molecule has 0 unspecified atom stereocenters. The van der Waals surface area contributed by atoms with Crippen LogP contribution in [-0.2, 0) is 6.42 Å². The summed E-state index contributed by atoms with van der Waals surface area (Å²) < 4.78 is 15.2. The Morgan fingerprint density at radius 1 is 1.21 bits per heavy atom. The van der Waals surface area contributed by atoms with Gasteiger partial charge in [0.2, 0.25) is 4.96 Å². The van der Waals surface area contributed by atoms with Crippen LogP contribution in [0.25, 0.3) is 16.3 Å². The van der Waals surface area contributed by atoms with E-state index < -0.39 is 0 Å². The molecule has 0 aliphatic carbocycles. The summed E-state index contributed by atoms with van der Waals surface area (Å²) in [5.41, 5.74) is 3.46. The highest BCUT2D eigenvalue weighted by molar-refractivity contribution is 7.15. The minimum absolute atomic E-state index is 0.255. The Labute approximate surface area is 165 Å². The fourth-order valence-electron chi connectivity index (χ4n) is 2.76. The molecule has 0 aliphatic rings. The summed E-state index contributed by atoms with van der Waals surface area (Å²) in [4.78, 5) is 17.2. The highest BCUT2D eigenvalue weighted by Crippen LogP contribution is 2.21. The molecule has 6 nitrogen and oxygen atoms in total. The molecule has 0 saturated heterocycles. The molecule has 0 atom stereocenters. The van der Waals surface area contributed by atoms with E-state index in [4.69, 9.17) is 0 Å². The van der Waals surface area contributed by atoms with Crippen molar-refractivity contribution in [1.82, 2.24) is 19.9 Å². The van der Waals surface area contributed by atoms with Gasteiger partial charge in [-0.15, -0.1) is 16.4 Å². The minimum atomic E-state index is -0.320. The SMILES string of the molecule is Cc1ccc(NC(=O)NCCc2csc3nc(-c4cccc(F)c4)nn23)cc1. The van der Waals surface area contributed by atoms with Crippen molar-refractivity contribution >= 4 is 28.0 Å². The maximum absolute atomic E-state index is 13.4. The Balaban J connectivity index is 1.38. The number of thiazole rings is 1. The lowest BCUT2D eigenvalue weighted by molar-refractivity contribution is 0.252. The predicted molar refractivity (Wildman–Crippen MR) is 108 cm³/mol. The summed E-state index contributed by atoms with van der Waals surface area (Å²) >= 11 is 1.46. The smallest absolute Gasteiger partial charge is 0.319 e. The Bertz CT molecular complexity index is 1120. The summed E-state index contributed by atoms with van der Waals surface area (Å²) in [5, 5.41) is 12.1. The number of hydrogen-bond acceptors (Lipinski definition) is 4. The van der Waals surface area contributed by atoms with E-state index in [1.807, 2.05) is 36.6 Å². The van der Waals surface area contributed by atoms with Gasteiger partial charge in [0, 0.05) is 29.6 Å². The monoisotopic (exact) mass is 395 g/mol. The fraction of sp³-hybridized carbons (Fsp3) is 0.150. The van der Waals surface area contributed by atoms with Crippen LogP contribution in [0.4, 0.5) is 14.9 Å². The number of anilines is 1. The molecule has 0 aliphatic heterocycles. The highest BCUT2D eigenvalue weighted by atomic mass is 32.1. The van der Waals surface area contributed by atoms with E-state index >= 15 is 0 Å². The maximum Gasteiger partial charge on any atom is 0.319 e. The highest BCUT2D eigenvalue weighted by Gasteiger charge is 2.12. The third-order valence-corrected chi connectivity index (χ3v) is 5.07. The van der Waals surface area contributed by atoms with E-state index in [9.17, 15) is 9.18 Å². The Kier molecular flexibility index (Phi) is 5.03. The van der Waals surface area contributed by atoms with Crippen molar-refractivity contribution in [2.75, 3.05) is 11.9 Å². The molecule has 4 rings (SSSR count). The third-order valence-electron chi connectivity index (χ3n) is 4.21. The normalized spacial score (nSPS) is 10.9. The second-order valence-corrected chi connectivity index (χ2v) is 7.20. The molecule has 0 fully saturated rings. The Morgan fingerprint density at radius 2 is 2.04 bits per heavy atom. The Morgan fingerprint density at radius 3 is 2.82 bits per heavy atom. The zero-order valence-electron chi connectivity index (χ0n) is 15.1. The van der Waals surface area contributed by atoms with Crippen LogP contribution >= 0.6 is 11.3 Å². The van der Waals surface area contributed by atoms with Gasteiger partial charge in [0.1, 0.15) is 5.82 Å². The molecule has 2 heterocycles. The van der Waals surface area contributed by atoms with Gasteiger partial charge in [0.05, 0.1) is 5.69 Å². The molecule has 0 spiro atoms. The number of amides is 2. The molecule has 142 valence electrons. The maximum atomic E-state index is 13.4. The topological polar surface area (TPSA) is 71.3 Å². The summed E-state index contributed by atoms with van der Waals surface area (Å²) in [6.45, 7) is 2.45. The number of urea groups is 1. The molecule has 2 aromatic carbocycles. The summed E-state index contributed by atoms with van der Waals surface area (Å²) in [7, 11) is 0. The summed E-state index contributed by atoms with van der Waals surface area (Å²) in [6.07, 6.45) is 0.604. The number of benzene rings is 2. The molecule has 0 radical (unpaired) electrons. The van der Waals surface area contributed by atoms with Crippen molar-refractivity contribution in [2.24, 2.45) is 0 Å². The fourth-order valence-corrected chi connectivity index (χ4v) is 3.62. The minimum Gasteiger partial charge on any atom is -0.337 e. The first-order valence-electron chi connectivity index (χ1n) is 8.79. The number of aromatic nitrogens is 3. The largest absolute Gasteiger partial charge is 0.337 e. The Hall–Kier alpha value is -3.26. The van der Waals surface area contributed by atoms with Gasteiger partial charge in [-0.05, 0) is 31.2 Å². The lowest BCUT2D eigenvalue weighted by Gasteiger charge is -2.07. The van der Waals surface area contributed by atoms with Crippen molar-refractivity contribution in [3.8, 4) is 11.4 Å². The average Bonchev–Trinajstić information content (AvgIpc) is 3.25. The van der Waals surface area contributed by atoms with Crippen molar-refractivity contribution in [3.05, 3.63) is 71.0 Å². The van der Waals surface area contributed by atoms with Gasteiger partial charge in [-0.3, -0.25) is 0 Å². The van der Waals surface area contributed by atoms with Gasteiger partial charge in [-0.2, -0.15) is 4.98 Å². The number of carbonyl (C=O) groups excluding carboxylic acids is 1. The van der Waals surface area contributed by atoms with Crippen LogP contribution in [-0.4, -0.2) is 27.2 Å². The van der Waals surface area contributed by atoms with Crippen molar-refractivity contribution in [2.45, 2.75) is 13.3 Å². The molecule has 8 heteroatoms. The lowest BCUT2D eigenvalue weighted by atomic mass is 10.2. The first-order chi connectivity index (χ1) is 13.6. The first kappa shape index (κ1) is 18.1. The van der Waals surface area contributed by atoms with Crippen LogP contribution in [0.5, 0.6) is 0 Å². The van der Waals surface area contributed by atoms with Gasteiger partial charge in [-0.25, -0.2) is 13.7 Å². The van der Waals surface area contributed by atoms with Crippen molar-refractivity contribution in [1.29, 1.82) is 0 Å². The van der Waals surface area contributed by atoms with E-state index in [1.54, 1.807) is 16.6 Å². The molecule has 2 aromatic heterocycles. The number of nitrogens with one attached hydrogen (secondary N) is 2. The molecule has 2 amide bonds. The quantitative estimate of drug-likeness (QED) is 0.530. The van der Waals surface area contributed by atoms with E-state index in [2.05, 4.69) is 20.7 Å². The van der Waals surface area contributed by atoms with Gasteiger partial charge < -0.3 is 10.6 Å². The number of fused-ring (bicyclic) bond motifs is 1. The van der Waals surface area contributed by atoms with Gasteiger partial charge in [0.25, 0.3) is 0 Å². The average molecular weight is 395 g/mol. The van der Waals surface area contributed by atoms with Crippen molar-refractivity contribution in [3.63, 3.8) is 0 Å². The van der Waals surface area contributed by atoms with Gasteiger partial charge >= 0.3 is 6.03 Å². The van der Waals surface area contributed by atoms with Crippen LogP contribution in [0.1, 0.15) is 11.3 Å². The molecule has 28 heavy (non-hydrogen) atoms. The zero-order chi connectivity index (χ0) is 19.5. The summed E-state index contributed by atoms with van der Waals surface area (Å²) in [5.74, 6) is 0.164. The van der Waals surface area contributed by atoms with Crippen LogP contribution in [0.15, 0.2) is 53.9 Å². The number of rotatable bonds is 5. The van der Waals surface area contributed by atoms with E-state index in [1.165, 1.54) is 23.5 Å². The zero-order valence-corrected chi connectivity index (χ0v) is 16.0. The molecular formula is C20H18FN5OS. The number of halogens is 1. The third kappa shape index (κ3) is 4.01. The number of nitrogens with zero attached hydrogens (tertiary/aromatic N) is 3. The molecular weight excluding hydrogens is 377 g/mol. The molecule has 4 aromatic rings.